The van der Waals surface area contributed by atoms with Crippen molar-refractivity contribution < 1.29 is 27.4 Å². The third kappa shape index (κ3) is 6.98. The van der Waals surface area contributed by atoms with Crippen molar-refractivity contribution in [2.75, 3.05) is 26.3 Å². The normalized spacial score (nSPS) is 14.6. The number of benzene rings is 2. The van der Waals surface area contributed by atoms with E-state index in [1.165, 1.54) is 22.5 Å². The third-order valence-electron chi connectivity index (χ3n) is 5.32. The molecule has 1 fully saturated rings. The Bertz CT molecular complexity index is 1240. The van der Waals surface area contributed by atoms with Gasteiger partial charge in [0.1, 0.15) is 19.0 Å². The Labute approximate surface area is 204 Å². The van der Waals surface area contributed by atoms with E-state index in [-0.39, 0.29) is 11.5 Å². The van der Waals surface area contributed by atoms with Gasteiger partial charge in [-0.15, -0.1) is 0 Å². The van der Waals surface area contributed by atoms with E-state index in [4.69, 9.17) is 14.2 Å². The zero-order chi connectivity index (χ0) is 24.5. The van der Waals surface area contributed by atoms with Crippen molar-refractivity contribution in [1.82, 2.24) is 9.29 Å². The van der Waals surface area contributed by atoms with Crippen molar-refractivity contribution in [3.63, 3.8) is 0 Å². The number of esters is 1. The first-order valence-corrected chi connectivity index (χ1v) is 12.6. The van der Waals surface area contributed by atoms with Gasteiger partial charge in [0.25, 0.3) is 0 Å². The van der Waals surface area contributed by atoms with Crippen molar-refractivity contribution in [2.45, 2.75) is 18.1 Å². The van der Waals surface area contributed by atoms with Crippen LogP contribution >= 0.6 is 0 Å². The summed E-state index contributed by atoms with van der Waals surface area (Å²) in [6.07, 6.45) is 4.62. The van der Waals surface area contributed by atoms with E-state index in [1.807, 2.05) is 42.5 Å². The molecule has 8 nitrogen and oxygen atoms in total. The van der Waals surface area contributed by atoms with Gasteiger partial charge in [0.05, 0.1) is 23.8 Å². The second-order valence-electron chi connectivity index (χ2n) is 7.78. The van der Waals surface area contributed by atoms with Gasteiger partial charge in [-0.1, -0.05) is 30.3 Å². The maximum absolute atomic E-state index is 12.7. The van der Waals surface area contributed by atoms with E-state index in [0.717, 1.165) is 11.3 Å². The Morgan fingerprint density at radius 3 is 2.40 bits per heavy atom. The van der Waals surface area contributed by atoms with Gasteiger partial charge in [-0.2, -0.15) is 4.31 Å². The van der Waals surface area contributed by atoms with Crippen molar-refractivity contribution >= 4 is 22.1 Å². The first kappa shape index (κ1) is 24.6. The van der Waals surface area contributed by atoms with Crippen LogP contribution in [0.2, 0.25) is 0 Å². The van der Waals surface area contributed by atoms with Crippen LogP contribution in [0.4, 0.5) is 0 Å². The first-order valence-electron chi connectivity index (χ1n) is 11.2. The van der Waals surface area contributed by atoms with Gasteiger partial charge in [-0.05, 0) is 53.6 Å². The molecule has 0 aliphatic carbocycles. The summed E-state index contributed by atoms with van der Waals surface area (Å²) in [5, 5.41) is 0. The molecule has 35 heavy (non-hydrogen) atoms. The van der Waals surface area contributed by atoms with Gasteiger partial charge in [-0.25, -0.2) is 13.2 Å². The minimum Gasteiger partial charge on any atom is -0.487 e. The average Bonchev–Trinajstić information content (AvgIpc) is 2.91. The fraction of sp³-hybridized carbons (Fsp3) is 0.231. The summed E-state index contributed by atoms with van der Waals surface area (Å²) in [6.45, 7) is 1.98. The molecule has 2 aromatic carbocycles. The number of hydrogen-bond donors (Lipinski definition) is 0. The lowest BCUT2D eigenvalue weighted by atomic mass is 10.2. The molecular weight excluding hydrogens is 468 g/mol. The fourth-order valence-corrected chi connectivity index (χ4v) is 4.78. The van der Waals surface area contributed by atoms with Crippen molar-refractivity contribution in [3.8, 4) is 5.75 Å². The summed E-state index contributed by atoms with van der Waals surface area (Å²) in [5.74, 6) is 0.204. The molecular formula is C26H26N2O6S. The molecule has 3 aromatic rings. The summed E-state index contributed by atoms with van der Waals surface area (Å²) in [6, 6.07) is 19.3. The number of ether oxygens (including phenoxy) is 3. The number of hydrogen-bond acceptors (Lipinski definition) is 7. The van der Waals surface area contributed by atoms with Crippen LogP contribution in [0.25, 0.3) is 6.08 Å². The summed E-state index contributed by atoms with van der Waals surface area (Å²) in [7, 11) is -3.54. The lowest BCUT2D eigenvalue weighted by molar-refractivity contribution is -0.138. The highest BCUT2D eigenvalue weighted by Crippen LogP contribution is 2.18. The van der Waals surface area contributed by atoms with E-state index in [9.17, 15) is 13.2 Å². The largest absolute Gasteiger partial charge is 0.487 e. The standard InChI is InChI=1S/C26H26N2O6S/c29-26(34-19-22-4-9-24(10-5-22)33-20-23-3-1-2-14-27-23)13-8-21-6-11-25(12-7-21)35(30,31)28-15-17-32-18-16-28/h1-14H,15-20H2/b13-8+. The fourth-order valence-electron chi connectivity index (χ4n) is 3.38. The zero-order valence-electron chi connectivity index (χ0n) is 19.1. The summed E-state index contributed by atoms with van der Waals surface area (Å²) >= 11 is 0. The Hall–Kier alpha value is -3.53. The number of rotatable bonds is 9. The predicted molar refractivity (Wildman–Crippen MR) is 130 cm³/mol. The molecule has 1 aromatic heterocycles. The molecule has 0 bridgehead atoms. The smallest absolute Gasteiger partial charge is 0.331 e. The van der Waals surface area contributed by atoms with Crippen LogP contribution in [-0.4, -0.2) is 50.0 Å². The summed E-state index contributed by atoms with van der Waals surface area (Å²) < 4.78 is 43.0. The monoisotopic (exact) mass is 494 g/mol. The highest BCUT2D eigenvalue weighted by atomic mass is 32.2. The number of nitrogens with zero attached hydrogens (tertiary/aromatic N) is 2. The van der Waals surface area contributed by atoms with Crippen molar-refractivity contribution in [1.29, 1.82) is 0 Å². The number of aromatic nitrogens is 1. The summed E-state index contributed by atoms with van der Waals surface area (Å²) in [4.78, 5) is 16.5. The topological polar surface area (TPSA) is 95.0 Å². The van der Waals surface area contributed by atoms with Gasteiger partial charge >= 0.3 is 5.97 Å². The number of morpholine rings is 1. The van der Waals surface area contributed by atoms with Gasteiger partial charge in [0.15, 0.2) is 0 Å². The van der Waals surface area contributed by atoms with E-state index >= 15 is 0 Å². The van der Waals surface area contributed by atoms with Crippen LogP contribution in [0, 0.1) is 0 Å². The van der Waals surface area contributed by atoms with Crippen LogP contribution in [0.5, 0.6) is 5.75 Å². The van der Waals surface area contributed by atoms with Crippen LogP contribution < -0.4 is 4.74 Å². The molecule has 0 N–H and O–H groups in total. The van der Waals surface area contributed by atoms with E-state index < -0.39 is 16.0 Å². The maximum atomic E-state index is 12.7. The van der Waals surface area contributed by atoms with Crippen molar-refractivity contribution in [3.05, 3.63) is 95.8 Å². The Kier molecular flexibility index (Phi) is 8.25. The zero-order valence-corrected chi connectivity index (χ0v) is 19.9. The lowest BCUT2D eigenvalue weighted by Gasteiger charge is -2.26. The molecule has 4 rings (SSSR count). The molecule has 9 heteroatoms. The van der Waals surface area contributed by atoms with E-state index in [2.05, 4.69) is 4.98 Å². The minimum absolute atomic E-state index is 0.125. The molecule has 0 atom stereocenters. The lowest BCUT2D eigenvalue weighted by Crippen LogP contribution is -2.40. The van der Waals surface area contributed by atoms with Gasteiger partial charge in [0.2, 0.25) is 10.0 Å². The molecule has 0 amide bonds. The van der Waals surface area contributed by atoms with Gasteiger partial charge < -0.3 is 14.2 Å². The minimum atomic E-state index is -3.54. The number of sulfonamides is 1. The molecule has 182 valence electrons. The number of carbonyl (C=O) groups is 1. The SMILES string of the molecule is O=C(/C=C/c1ccc(S(=O)(=O)N2CCOCC2)cc1)OCc1ccc(OCc2ccccn2)cc1. The van der Waals surface area contributed by atoms with E-state index in [1.54, 1.807) is 24.4 Å². The highest BCUT2D eigenvalue weighted by Gasteiger charge is 2.25. The Morgan fingerprint density at radius 1 is 0.971 bits per heavy atom. The third-order valence-corrected chi connectivity index (χ3v) is 7.23. The predicted octanol–water partition coefficient (Wildman–Crippen LogP) is 3.44. The molecule has 1 saturated heterocycles. The second-order valence-corrected chi connectivity index (χ2v) is 9.72. The van der Waals surface area contributed by atoms with E-state index in [0.29, 0.717) is 44.2 Å². The average molecular weight is 495 g/mol. The maximum Gasteiger partial charge on any atom is 0.331 e. The molecule has 1 aliphatic rings. The molecule has 0 spiro atoms. The molecule has 0 saturated carbocycles. The molecule has 2 heterocycles. The van der Waals surface area contributed by atoms with Crippen LogP contribution in [-0.2, 0) is 37.5 Å². The van der Waals surface area contributed by atoms with Crippen LogP contribution in [0.1, 0.15) is 16.8 Å². The Balaban J connectivity index is 1.24. The Morgan fingerprint density at radius 2 is 1.71 bits per heavy atom. The summed E-state index contributed by atoms with van der Waals surface area (Å²) in [5.41, 5.74) is 2.36. The highest BCUT2D eigenvalue weighted by molar-refractivity contribution is 7.89. The van der Waals surface area contributed by atoms with Crippen molar-refractivity contribution in [2.24, 2.45) is 0 Å². The molecule has 0 radical (unpaired) electrons. The molecule has 0 unspecified atom stereocenters. The first-order chi connectivity index (χ1) is 17.0. The van der Waals surface area contributed by atoms with Crippen LogP contribution in [0.3, 0.4) is 0 Å². The second kappa shape index (κ2) is 11.7. The quantitative estimate of drug-likeness (QED) is 0.332. The van der Waals surface area contributed by atoms with Crippen LogP contribution in [0.15, 0.2) is 83.9 Å². The molecule has 1 aliphatic heterocycles. The number of pyridine rings is 1. The van der Waals surface area contributed by atoms with Gasteiger partial charge in [-0.3, -0.25) is 4.98 Å². The number of carbonyl (C=O) groups excluding carboxylic acids is 1. The van der Waals surface area contributed by atoms with Gasteiger partial charge in [0, 0.05) is 25.4 Å².